The number of halogens is 4. The van der Waals surface area contributed by atoms with Crippen LogP contribution in [0.2, 0.25) is 0 Å². The number of hydrogen-bond acceptors (Lipinski definition) is 0. The van der Waals surface area contributed by atoms with Crippen molar-refractivity contribution in [2.24, 2.45) is 0 Å². The Kier molecular flexibility index (Phi) is 8.62. The van der Waals surface area contributed by atoms with Gasteiger partial charge in [-0.1, -0.05) is 39.5 Å². The quantitative estimate of drug-likeness (QED) is 0.310. The maximum absolute atomic E-state index is 12.9. The van der Waals surface area contributed by atoms with Crippen LogP contribution in [-0.2, 0) is 0 Å². The summed E-state index contributed by atoms with van der Waals surface area (Å²) in [5, 5.41) is 0. The van der Waals surface area contributed by atoms with E-state index in [2.05, 4.69) is 0 Å². The monoisotopic (exact) mass is 270 g/mol. The lowest BCUT2D eigenvalue weighted by atomic mass is 10.0. The Bertz CT molecular complexity index is 180. The fraction of sp³-hybridized carbons (Fsp3) is 1.00. The van der Waals surface area contributed by atoms with Crippen LogP contribution in [0.15, 0.2) is 0 Å². The lowest BCUT2D eigenvalue weighted by Gasteiger charge is -2.14. The van der Waals surface area contributed by atoms with E-state index in [9.17, 15) is 17.6 Å². The zero-order valence-corrected chi connectivity index (χ0v) is 11.6. The predicted octanol–water partition coefficient (Wildman–Crippen LogP) is 6.20. The van der Waals surface area contributed by atoms with Crippen molar-refractivity contribution in [3.05, 3.63) is 0 Å². The Morgan fingerprint density at radius 3 is 1.11 bits per heavy atom. The third-order valence-corrected chi connectivity index (χ3v) is 3.37. The number of alkyl halides is 4. The molecule has 0 atom stereocenters. The van der Waals surface area contributed by atoms with Crippen LogP contribution in [0.1, 0.15) is 78.1 Å². The predicted molar refractivity (Wildman–Crippen MR) is 67.4 cm³/mol. The third kappa shape index (κ3) is 9.72. The molecule has 0 rings (SSSR count). The number of rotatable bonds is 11. The van der Waals surface area contributed by atoms with E-state index >= 15 is 0 Å². The molecule has 0 aromatic heterocycles. The van der Waals surface area contributed by atoms with E-state index < -0.39 is 11.8 Å². The highest BCUT2D eigenvalue weighted by Crippen LogP contribution is 2.27. The van der Waals surface area contributed by atoms with Crippen LogP contribution in [0.25, 0.3) is 0 Å². The number of hydrogen-bond donors (Lipinski definition) is 0. The summed E-state index contributed by atoms with van der Waals surface area (Å²) in [6, 6.07) is 0. The van der Waals surface area contributed by atoms with Gasteiger partial charge >= 0.3 is 0 Å². The first-order valence-electron chi connectivity index (χ1n) is 7.08. The van der Waals surface area contributed by atoms with Crippen molar-refractivity contribution in [2.45, 2.75) is 89.9 Å². The Labute approximate surface area is 108 Å². The van der Waals surface area contributed by atoms with E-state index in [1.807, 2.05) is 0 Å². The minimum atomic E-state index is -2.52. The average Bonchev–Trinajstić information content (AvgIpc) is 2.32. The molecule has 0 aliphatic heterocycles. The maximum atomic E-state index is 12.9. The van der Waals surface area contributed by atoms with Gasteiger partial charge in [0.15, 0.2) is 0 Å². The number of unbranched alkanes of at least 4 members (excludes halogenated alkanes) is 5. The van der Waals surface area contributed by atoms with Gasteiger partial charge in [0.2, 0.25) is 11.8 Å². The van der Waals surface area contributed by atoms with Gasteiger partial charge in [0.1, 0.15) is 0 Å². The first-order chi connectivity index (χ1) is 8.33. The van der Waals surface area contributed by atoms with Crippen LogP contribution < -0.4 is 0 Å². The Hall–Kier alpha value is -0.280. The first kappa shape index (κ1) is 17.7. The summed E-state index contributed by atoms with van der Waals surface area (Å²) in [6.07, 6.45) is 4.08. The summed E-state index contributed by atoms with van der Waals surface area (Å²) >= 11 is 0. The molecule has 0 bridgehead atoms. The molecule has 110 valence electrons. The first-order valence-corrected chi connectivity index (χ1v) is 7.08. The third-order valence-electron chi connectivity index (χ3n) is 3.37. The molecular weight excluding hydrogens is 244 g/mol. The Balaban J connectivity index is 3.32. The minimum Gasteiger partial charge on any atom is -0.207 e. The van der Waals surface area contributed by atoms with Gasteiger partial charge in [0.05, 0.1) is 0 Å². The molecule has 0 amide bonds. The Morgan fingerprint density at radius 1 is 0.556 bits per heavy atom. The second kappa shape index (κ2) is 8.76. The van der Waals surface area contributed by atoms with Crippen LogP contribution >= 0.6 is 0 Å². The van der Waals surface area contributed by atoms with Crippen molar-refractivity contribution in [2.75, 3.05) is 0 Å². The molecule has 0 heterocycles. The highest BCUT2D eigenvalue weighted by atomic mass is 19.3. The molecule has 0 aromatic rings. The van der Waals surface area contributed by atoms with Gasteiger partial charge in [-0.25, -0.2) is 17.6 Å². The molecule has 0 aromatic carbocycles. The van der Waals surface area contributed by atoms with Gasteiger partial charge in [-0.05, 0) is 12.8 Å². The molecule has 0 nitrogen and oxygen atoms in total. The van der Waals surface area contributed by atoms with Crippen LogP contribution in [-0.4, -0.2) is 11.8 Å². The zero-order chi connectivity index (χ0) is 14.1. The van der Waals surface area contributed by atoms with Crippen molar-refractivity contribution >= 4 is 0 Å². The normalized spacial score (nSPS) is 13.0. The van der Waals surface area contributed by atoms with Crippen LogP contribution in [0.3, 0.4) is 0 Å². The van der Waals surface area contributed by atoms with E-state index in [0.29, 0.717) is 12.8 Å². The summed E-state index contributed by atoms with van der Waals surface area (Å²) in [4.78, 5) is 0. The van der Waals surface area contributed by atoms with Crippen molar-refractivity contribution in [3.8, 4) is 0 Å². The van der Waals surface area contributed by atoms with Crippen molar-refractivity contribution in [1.29, 1.82) is 0 Å². The van der Waals surface area contributed by atoms with Gasteiger partial charge in [-0.3, -0.25) is 0 Å². The van der Waals surface area contributed by atoms with Crippen LogP contribution in [0, 0.1) is 0 Å². The van der Waals surface area contributed by atoms with Crippen molar-refractivity contribution in [1.82, 2.24) is 0 Å². The molecule has 0 aliphatic rings. The van der Waals surface area contributed by atoms with Gasteiger partial charge in [-0.15, -0.1) is 0 Å². The van der Waals surface area contributed by atoms with E-state index in [-0.39, 0.29) is 25.7 Å². The molecule has 0 N–H and O–H groups in total. The molecule has 0 radical (unpaired) electrons. The van der Waals surface area contributed by atoms with Crippen molar-refractivity contribution in [3.63, 3.8) is 0 Å². The van der Waals surface area contributed by atoms with Crippen LogP contribution in [0.5, 0.6) is 0 Å². The highest BCUT2D eigenvalue weighted by molar-refractivity contribution is 4.64. The molecule has 0 saturated heterocycles. The summed E-state index contributed by atoms with van der Waals surface area (Å²) in [5.74, 6) is -5.05. The van der Waals surface area contributed by atoms with E-state index in [1.54, 1.807) is 0 Å². The Morgan fingerprint density at radius 2 is 0.833 bits per heavy atom. The summed E-state index contributed by atoms with van der Waals surface area (Å²) in [5.41, 5.74) is 0. The molecule has 0 saturated carbocycles. The minimum absolute atomic E-state index is 0.0442. The fourth-order valence-electron chi connectivity index (χ4n) is 1.83. The highest BCUT2D eigenvalue weighted by Gasteiger charge is 2.25. The van der Waals surface area contributed by atoms with E-state index in [1.165, 1.54) is 13.8 Å². The van der Waals surface area contributed by atoms with Gasteiger partial charge in [0.25, 0.3) is 0 Å². The van der Waals surface area contributed by atoms with E-state index in [0.717, 1.165) is 25.7 Å². The van der Waals surface area contributed by atoms with Crippen LogP contribution in [0.4, 0.5) is 17.6 Å². The van der Waals surface area contributed by atoms with E-state index in [4.69, 9.17) is 0 Å². The van der Waals surface area contributed by atoms with Crippen molar-refractivity contribution < 1.29 is 17.6 Å². The summed E-state index contributed by atoms with van der Waals surface area (Å²) < 4.78 is 51.5. The average molecular weight is 270 g/mol. The SMILES string of the molecule is CCC(F)(F)CCCCCCCCC(F)(F)CC. The molecular formula is C14H26F4. The topological polar surface area (TPSA) is 0 Å². The lowest BCUT2D eigenvalue weighted by molar-refractivity contribution is -0.0151. The van der Waals surface area contributed by atoms with Gasteiger partial charge in [0, 0.05) is 25.7 Å². The molecule has 0 aliphatic carbocycles. The smallest absolute Gasteiger partial charge is 0.207 e. The lowest BCUT2D eigenvalue weighted by Crippen LogP contribution is -2.13. The maximum Gasteiger partial charge on any atom is 0.247 e. The second-order valence-corrected chi connectivity index (χ2v) is 5.04. The summed E-state index contributed by atoms with van der Waals surface area (Å²) in [6.45, 7) is 2.99. The molecule has 18 heavy (non-hydrogen) atoms. The fourth-order valence-corrected chi connectivity index (χ4v) is 1.83. The van der Waals surface area contributed by atoms with Gasteiger partial charge < -0.3 is 0 Å². The zero-order valence-electron chi connectivity index (χ0n) is 11.6. The van der Waals surface area contributed by atoms with Gasteiger partial charge in [-0.2, -0.15) is 0 Å². The molecule has 0 spiro atoms. The summed E-state index contributed by atoms with van der Waals surface area (Å²) in [7, 11) is 0. The molecule has 4 heteroatoms. The standard InChI is InChI=1S/C14H26F4/c1-3-13(15,16)11-9-7-5-6-8-10-12-14(17,18)4-2/h3-12H2,1-2H3. The second-order valence-electron chi connectivity index (χ2n) is 5.04. The molecule has 0 unspecified atom stereocenters. The molecule has 0 fully saturated rings. The largest absolute Gasteiger partial charge is 0.247 e.